The molecule has 2 aromatic carbocycles. The van der Waals surface area contributed by atoms with Gasteiger partial charge in [-0.2, -0.15) is 14.0 Å². The fraction of sp³-hybridized carbons (Fsp3) is 0.348. The van der Waals surface area contributed by atoms with Crippen LogP contribution in [0.1, 0.15) is 18.5 Å². The van der Waals surface area contributed by atoms with Gasteiger partial charge in [0.15, 0.2) is 5.58 Å². The number of halogens is 2. The predicted molar refractivity (Wildman–Crippen MR) is 116 cm³/mol. The standard InChI is InChI=1S/C23H22F2N4O4/c24-22(25)29-18-11-16(6-7-19(18)33-23(29)31)15-4-2-14(3-5-15)10-17(12-26)28-21(30)20-13-27-8-1-9-32-20/h2-7,11,17,20,22,27H,1,8-10,13H2,(H,28,30)/t17-,20-/m0/s1. The van der Waals surface area contributed by atoms with Crippen molar-refractivity contribution in [1.29, 1.82) is 5.26 Å². The molecule has 1 fully saturated rings. The van der Waals surface area contributed by atoms with Gasteiger partial charge in [0.25, 0.3) is 5.91 Å². The topological polar surface area (TPSA) is 109 Å². The van der Waals surface area contributed by atoms with E-state index in [1.54, 1.807) is 30.3 Å². The van der Waals surface area contributed by atoms with E-state index in [4.69, 9.17) is 9.15 Å². The highest BCUT2D eigenvalue weighted by Crippen LogP contribution is 2.26. The van der Waals surface area contributed by atoms with Crippen LogP contribution in [0.5, 0.6) is 0 Å². The summed E-state index contributed by atoms with van der Waals surface area (Å²) in [5.41, 5.74) is 2.29. The Kier molecular flexibility index (Phi) is 6.82. The molecule has 0 saturated carbocycles. The molecule has 10 heteroatoms. The smallest absolute Gasteiger partial charge is 0.408 e. The second-order valence-corrected chi connectivity index (χ2v) is 7.71. The number of carbonyl (C=O) groups excluding carboxylic acids is 1. The maximum atomic E-state index is 13.2. The summed E-state index contributed by atoms with van der Waals surface area (Å²) >= 11 is 0. The van der Waals surface area contributed by atoms with Crippen LogP contribution in [0.2, 0.25) is 0 Å². The van der Waals surface area contributed by atoms with Crippen molar-refractivity contribution in [2.24, 2.45) is 0 Å². The highest BCUT2D eigenvalue weighted by atomic mass is 19.3. The van der Waals surface area contributed by atoms with Gasteiger partial charge >= 0.3 is 12.3 Å². The Bertz CT molecular complexity index is 1220. The van der Waals surface area contributed by atoms with Crippen LogP contribution in [0.15, 0.2) is 51.7 Å². The predicted octanol–water partition coefficient (Wildman–Crippen LogP) is 2.59. The van der Waals surface area contributed by atoms with Gasteiger partial charge in [-0.05, 0) is 41.8 Å². The lowest BCUT2D eigenvalue weighted by Gasteiger charge is -2.18. The number of ether oxygens (including phenoxy) is 1. The third kappa shape index (κ3) is 5.10. The summed E-state index contributed by atoms with van der Waals surface area (Å²) in [7, 11) is 0. The molecule has 2 N–H and O–H groups in total. The number of carbonyl (C=O) groups is 1. The average molecular weight is 456 g/mol. The van der Waals surface area contributed by atoms with Gasteiger partial charge in [-0.3, -0.25) is 4.79 Å². The third-order valence-corrected chi connectivity index (χ3v) is 5.45. The molecule has 1 aliphatic rings. The SMILES string of the molecule is N#C[C@H](Cc1ccc(-c2ccc3oc(=O)n(C(F)F)c3c2)cc1)NC(=O)[C@@H]1CNCCCO1. The fourth-order valence-electron chi connectivity index (χ4n) is 3.74. The molecule has 0 bridgehead atoms. The molecule has 1 saturated heterocycles. The molecule has 1 aromatic heterocycles. The number of fused-ring (bicyclic) bond motifs is 1. The minimum absolute atomic E-state index is 0.0130. The molecule has 0 aliphatic carbocycles. The first-order valence-electron chi connectivity index (χ1n) is 10.5. The number of rotatable bonds is 6. The Labute approximate surface area is 187 Å². The number of oxazole rings is 1. The van der Waals surface area contributed by atoms with Crippen LogP contribution in [-0.2, 0) is 16.0 Å². The van der Waals surface area contributed by atoms with Crippen molar-refractivity contribution >= 4 is 17.0 Å². The number of hydrogen-bond donors (Lipinski definition) is 2. The molecule has 2 heterocycles. The zero-order valence-electron chi connectivity index (χ0n) is 17.6. The van der Waals surface area contributed by atoms with Crippen LogP contribution in [0.4, 0.5) is 8.78 Å². The number of nitrogens with zero attached hydrogens (tertiary/aromatic N) is 2. The molecular weight excluding hydrogens is 434 g/mol. The lowest BCUT2D eigenvalue weighted by atomic mass is 10.0. The minimum atomic E-state index is -3.01. The number of benzene rings is 2. The van der Waals surface area contributed by atoms with Gasteiger partial charge in [-0.25, -0.2) is 9.36 Å². The van der Waals surface area contributed by atoms with E-state index < -0.39 is 24.5 Å². The summed E-state index contributed by atoms with van der Waals surface area (Å²) in [4.78, 5) is 24.1. The van der Waals surface area contributed by atoms with Crippen molar-refractivity contribution in [1.82, 2.24) is 15.2 Å². The molecule has 1 aliphatic heterocycles. The second-order valence-electron chi connectivity index (χ2n) is 7.71. The van der Waals surface area contributed by atoms with Gasteiger partial charge in [0.1, 0.15) is 12.1 Å². The van der Waals surface area contributed by atoms with E-state index in [1.165, 1.54) is 12.1 Å². The number of alkyl halides is 2. The van der Waals surface area contributed by atoms with E-state index in [0.717, 1.165) is 24.1 Å². The first-order chi connectivity index (χ1) is 16.0. The number of nitrogens with one attached hydrogen (secondary N) is 2. The van der Waals surface area contributed by atoms with Crippen LogP contribution in [0, 0.1) is 11.3 Å². The molecule has 3 aromatic rings. The Balaban J connectivity index is 1.46. The van der Waals surface area contributed by atoms with E-state index in [0.29, 0.717) is 29.7 Å². The maximum absolute atomic E-state index is 13.2. The van der Waals surface area contributed by atoms with Gasteiger partial charge in [0.2, 0.25) is 0 Å². The van der Waals surface area contributed by atoms with E-state index >= 15 is 0 Å². The van der Waals surface area contributed by atoms with Crippen molar-refractivity contribution in [3.05, 3.63) is 58.6 Å². The molecule has 33 heavy (non-hydrogen) atoms. The van der Waals surface area contributed by atoms with Crippen molar-refractivity contribution in [3.8, 4) is 17.2 Å². The van der Waals surface area contributed by atoms with E-state index in [2.05, 4.69) is 16.7 Å². The van der Waals surface area contributed by atoms with Crippen molar-refractivity contribution < 1.29 is 22.7 Å². The van der Waals surface area contributed by atoms with Crippen LogP contribution in [0.25, 0.3) is 22.2 Å². The van der Waals surface area contributed by atoms with Gasteiger partial charge < -0.3 is 19.8 Å². The summed E-state index contributed by atoms with van der Waals surface area (Å²) in [5, 5.41) is 15.3. The Morgan fingerprint density at radius 1 is 1.24 bits per heavy atom. The number of amides is 1. The Hall–Kier alpha value is -3.55. The highest BCUT2D eigenvalue weighted by Gasteiger charge is 2.23. The van der Waals surface area contributed by atoms with Gasteiger partial charge in [-0.1, -0.05) is 30.3 Å². The first kappa shape index (κ1) is 22.6. The van der Waals surface area contributed by atoms with E-state index in [1.807, 2.05) is 0 Å². The first-order valence-corrected chi connectivity index (χ1v) is 10.5. The molecule has 172 valence electrons. The normalized spacial score (nSPS) is 17.5. The molecule has 1 amide bonds. The summed E-state index contributed by atoms with van der Waals surface area (Å²) < 4.78 is 37.1. The van der Waals surface area contributed by atoms with Gasteiger partial charge in [0, 0.05) is 19.6 Å². The second kappa shape index (κ2) is 9.94. The largest absolute Gasteiger partial charge is 0.424 e. The van der Waals surface area contributed by atoms with Crippen molar-refractivity contribution in [2.75, 3.05) is 19.7 Å². The Morgan fingerprint density at radius 3 is 2.73 bits per heavy atom. The molecule has 2 atom stereocenters. The summed E-state index contributed by atoms with van der Waals surface area (Å²) in [6.07, 6.45) is 0.495. The van der Waals surface area contributed by atoms with Crippen LogP contribution in [-0.4, -0.2) is 42.3 Å². The van der Waals surface area contributed by atoms with E-state index in [-0.39, 0.29) is 17.0 Å². The lowest BCUT2D eigenvalue weighted by molar-refractivity contribution is -0.132. The molecule has 4 rings (SSSR count). The zero-order valence-corrected chi connectivity index (χ0v) is 17.6. The average Bonchev–Trinajstić information content (AvgIpc) is 2.96. The van der Waals surface area contributed by atoms with Crippen LogP contribution in [0.3, 0.4) is 0 Å². The zero-order chi connectivity index (χ0) is 23.4. The van der Waals surface area contributed by atoms with Crippen molar-refractivity contribution in [2.45, 2.75) is 31.5 Å². The molecular formula is C23H22F2N4O4. The summed E-state index contributed by atoms with van der Waals surface area (Å²) in [6, 6.07) is 13.2. The monoisotopic (exact) mass is 456 g/mol. The third-order valence-electron chi connectivity index (χ3n) is 5.45. The van der Waals surface area contributed by atoms with Gasteiger partial charge in [-0.15, -0.1) is 0 Å². The minimum Gasteiger partial charge on any atom is -0.408 e. The summed E-state index contributed by atoms with van der Waals surface area (Å²) in [6.45, 7) is -1.33. The number of hydrogen-bond acceptors (Lipinski definition) is 6. The number of aromatic nitrogens is 1. The van der Waals surface area contributed by atoms with Crippen LogP contribution < -0.4 is 16.4 Å². The summed E-state index contributed by atoms with van der Waals surface area (Å²) in [5.74, 6) is -1.44. The molecule has 0 radical (unpaired) electrons. The molecule has 0 unspecified atom stereocenters. The number of nitriles is 1. The van der Waals surface area contributed by atoms with Gasteiger partial charge in [0.05, 0.1) is 11.6 Å². The molecule has 0 spiro atoms. The fourth-order valence-corrected chi connectivity index (χ4v) is 3.74. The molecule has 8 nitrogen and oxygen atoms in total. The van der Waals surface area contributed by atoms with Crippen LogP contribution >= 0.6 is 0 Å². The van der Waals surface area contributed by atoms with Crippen molar-refractivity contribution in [3.63, 3.8) is 0 Å². The maximum Gasteiger partial charge on any atom is 0.424 e. The quantitative estimate of drug-likeness (QED) is 0.590. The Morgan fingerprint density at radius 2 is 2.00 bits per heavy atom. The highest BCUT2D eigenvalue weighted by molar-refractivity contribution is 5.82. The lowest BCUT2D eigenvalue weighted by Crippen LogP contribution is -2.46. The van der Waals surface area contributed by atoms with E-state index in [9.17, 15) is 23.6 Å².